The second-order valence-corrected chi connectivity index (χ2v) is 5.26. The molecule has 0 heterocycles. The number of carbonyl (C=O) groups excluding carboxylic acids is 3. The third kappa shape index (κ3) is 5.91. The summed E-state index contributed by atoms with van der Waals surface area (Å²) in [6.45, 7) is 2.85. The molecule has 0 atom stereocenters. The van der Waals surface area contributed by atoms with Crippen LogP contribution in [0.1, 0.15) is 29.8 Å². The van der Waals surface area contributed by atoms with E-state index in [4.69, 9.17) is 0 Å². The van der Waals surface area contributed by atoms with Crippen LogP contribution in [0.5, 0.6) is 0 Å². The number of hydrazone groups is 1. The molecule has 2 aromatic carbocycles. The van der Waals surface area contributed by atoms with E-state index in [1.54, 1.807) is 48.5 Å². The Bertz CT molecular complexity index is 796. The minimum atomic E-state index is -0.361. The van der Waals surface area contributed by atoms with E-state index in [-0.39, 0.29) is 17.7 Å². The number of hydrogen-bond acceptors (Lipinski definition) is 4. The van der Waals surface area contributed by atoms with Gasteiger partial charge in [0.1, 0.15) is 0 Å². The Morgan fingerprint density at radius 3 is 1.76 bits per heavy atom. The maximum absolute atomic E-state index is 12.0. The van der Waals surface area contributed by atoms with Gasteiger partial charge in [-0.3, -0.25) is 14.4 Å². The van der Waals surface area contributed by atoms with Crippen LogP contribution in [-0.2, 0) is 9.59 Å². The van der Waals surface area contributed by atoms with Crippen molar-refractivity contribution in [2.24, 2.45) is 5.10 Å². The van der Waals surface area contributed by atoms with Crippen LogP contribution in [0.2, 0.25) is 0 Å². The van der Waals surface area contributed by atoms with E-state index in [9.17, 15) is 14.4 Å². The monoisotopic (exact) mass is 338 g/mol. The minimum Gasteiger partial charge on any atom is -0.326 e. The lowest BCUT2D eigenvalue weighted by atomic mass is 10.2. The van der Waals surface area contributed by atoms with Gasteiger partial charge in [0.2, 0.25) is 11.8 Å². The Morgan fingerprint density at radius 1 is 0.800 bits per heavy atom. The number of carbonyl (C=O) groups is 3. The van der Waals surface area contributed by atoms with E-state index in [0.717, 1.165) is 5.56 Å². The first-order chi connectivity index (χ1) is 11.9. The summed E-state index contributed by atoms with van der Waals surface area (Å²) >= 11 is 0. The summed E-state index contributed by atoms with van der Waals surface area (Å²) in [5.41, 5.74) is 4.93. The molecule has 0 unspecified atom stereocenters. The van der Waals surface area contributed by atoms with Gasteiger partial charge in [-0.2, -0.15) is 5.10 Å². The molecule has 7 heteroatoms. The fraction of sp³-hybridized carbons (Fsp3) is 0.111. The lowest BCUT2D eigenvalue weighted by molar-refractivity contribution is -0.115. The zero-order valence-corrected chi connectivity index (χ0v) is 13.9. The first-order valence-corrected chi connectivity index (χ1v) is 7.53. The van der Waals surface area contributed by atoms with Gasteiger partial charge >= 0.3 is 0 Å². The average molecular weight is 338 g/mol. The molecule has 2 aromatic rings. The van der Waals surface area contributed by atoms with Gasteiger partial charge in [-0.15, -0.1) is 0 Å². The maximum atomic E-state index is 12.0. The molecular weight excluding hydrogens is 320 g/mol. The van der Waals surface area contributed by atoms with Gasteiger partial charge < -0.3 is 10.6 Å². The second kappa shape index (κ2) is 8.39. The molecule has 0 aliphatic rings. The molecule has 0 aliphatic carbocycles. The molecule has 25 heavy (non-hydrogen) atoms. The molecule has 3 amide bonds. The van der Waals surface area contributed by atoms with Gasteiger partial charge in [0.15, 0.2) is 0 Å². The van der Waals surface area contributed by atoms with Crippen LogP contribution in [0.25, 0.3) is 0 Å². The predicted molar refractivity (Wildman–Crippen MR) is 96.6 cm³/mol. The Morgan fingerprint density at radius 2 is 1.28 bits per heavy atom. The first kappa shape index (κ1) is 17.9. The third-order valence-corrected chi connectivity index (χ3v) is 3.08. The normalized spacial score (nSPS) is 10.3. The highest BCUT2D eigenvalue weighted by molar-refractivity contribution is 5.96. The second-order valence-electron chi connectivity index (χ2n) is 5.26. The van der Waals surface area contributed by atoms with Crippen LogP contribution in [0.4, 0.5) is 11.4 Å². The van der Waals surface area contributed by atoms with Crippen molar-refractivity contribution in [3.05, 3.63) is 59.7 Å². The Kier molecular flexibility index (Phi) is 6.00. The van der Waals surface area contributed by atoms with Crippen molar-refractivity contribution in [3.8, 4) is 0 Å². The van der Waals surface area contributed by atoms with E-state index in [0.29, 0.717) is 16.9 Å². The summed E-state index contributed by atoms with van der Waals surface area (Å²) in [4.78, 5) is 33.9. The van der Waals surface area contributed by atoms with Crippen LogP contribution in [-0.4, -0.2) is 23.9 Å². The third-order valence-electron chi connectivity index (χ3n) is 3.08. The van der Waals surface area contributed by atoms with Gasteiger partial charge in [0, 0.05) is 30.8 Å². The molecule has 0 spiro atoms. The number of hydrogen-bond donors (Lipinski definition) is 3. The van der Waals surface area contributed by atoms with Gasteiger partial charge in [0.05, 0.1) is 6.21 Å². The van der Waals surface area contributed by atoms with Gasteiger partial charge in [0.25, 0.3) is 5.91 Å². The highest BCUT2D eigenvalue weighted by Crippen LogP contribution is 2.10. The molecule has 0 fully saturated rings. The molecule has 0 radical (unpaired) electrons. The Balaban J connectivity index is 1.91. The van der Waals surface area contributed by atoms with Gasteiger partial charge in [-0.25, -0.2) is 5.43 Å². The quantitative estimate of drug-likeness (QED) is 0.576. The number of rotatable bonds is 5. The van der Waals surface area contributed by atoms with Crippen molar-refractivity contribution in [2.75, 3.05) is 10.6 Å². The van der Waals surface area contributed by atoms with Gasteiger partial charge in [-0.1, -0.05) is 12.1 Å². The molecule has 0 aromatic heterocycles. The van der Waals surface area contributed by atoms with Gasteiger partial charge in [-0.05, 0) is 42.0 Å². The Labute approximate surface area is 145 Å². The van der Waals surface area contributed by atoms with Crippen LogP contribution >= 0.6 is 0 Å². The fourth-order valence-corrected chi connectivity index (χ4v) is 1.99. The summed E-state index contributed by atoms with van der Waals surface area (Å²) in [7, 11) is 0. The SMILES string of the molecule is CC(=O)Nc1ccc(/C=N\NC(=O)c2ccc(NC(C)=O)cc2)cc1. The maximum Gasteiger partial charge on any atom is 0.271 e. The van der Waals surface area contributed by atoms with E-state index >= 15 is 0 Å². The van der Waals surface area contributed by atoms with Crippen molar-refractivity contribution in [1.29, 1.82) is 0 Å². The molecule has 0 aliphatic heterocycles. The zero-order chi connectivity index (χ0) is 18.2. The summed E-state index contributed by atoms with van der Waals surface area (Å²) in [5.74, 6) is -0.676. The number of anilines is 2. The highest BCUT2D eigenvalue weighted by atomic mass is 16.2. The van der Waals surface area contributed by atoms with Crippen molar-refractivity contribution in [2.45, 2.75) is 13.8 Å². The summed E-state index contributed by atoms with van der Waals surface area (Å²) in [6.07, 6.45) is 1.50. The number of nitrogens with zero attached hydrogens (tertiary/aromatic N) is 1. The smallest absolute Gasteiger partial charge is 0.271 e. The van der Waals surface area contributed by atoms with Crippen LogP contribution in [0, 0.1) is 0 Å². The lowest BCUT2D eigenvalue weighted by Crippen LogP contribution is -2.17. The van der Waals surface area contributed by atoms with Crippen LogP contribution < -0.4 is 16.1 Å². The number of amides is 3. The molecule has 3 N–H and O–H groups in total. The molecular formula is C18H18N4O3. The van der Waals surface area contributed by atoms with E-state index in [1.165, 1.54) is 20.1 Å². The lowest BCUT2D eigenvalue weighted by Gasteiger charge is -2.04. The molecule has 0 bridgehead atoms. The largest absolute Gasteiger partial charge is 0.326 e. The highest BCUT2D eigenvalue weighted by Gasteiger charge is 2.04. The van der Waals surface area contributed by atoms with Crippen LogP contribution in [0.3, 0.4) is 0 Å². The molecule has 7 nitrogen and oxygen atoms in total. The summed E-state index contributed by atoms with van der Waals surface area (Å²) < 4.78 is 0. The molecule has 2 rings (SSSR count). The predicted octanol–water partition coefficient (Wildman–Crippen LogP) is 2.37. The minimum absolute atomic E-state index is 0.141. The number of nitrogens with one attached hydrogen (secondary N) is 3. The molecule has 0 saturated carbocycles. The Hall–Kier alpha value is -3.48. The van der Waals surface area contributed by atoms with E-state index in [2.05, 4.69) is 21.2 Å². The van der Waals surface area contributed by atoms with E-state index < -0.39 is 0 Å². The van der Waals surface area contributed by atoms with Crippen molar-refractivity contribution in [3.63, 3.8) is 0 Å². The number of benzene rings is 2. The van der Waals surface area contributed by atoms with E-state index in [1.807, 2.05) is 0 Å². The summed E-state index contributed by atoms with van der Waals surface area (Å²) in [6, 6.07) is 13.5. The fourth-order valence-electron chi connectivity index (χ4n) is 1.99. The van der Waals surface area contributed by atoms with Crippen molar-refractivity contribution < 1.29 is 14.4 Å². The topological polar surface area (TPSA) is 99.7 Å². The van der Waals surface area contributed by atoms with Crippen LogP contribution in [0.15, 0.2) is 53.6 Å². The van der Waals surface area contributed by atoms with Crippen molar-refractivity contribution >= 4 is 35.3 Å². The molecule has 128 valence electrons. The van der Waals surface area contributed by atoms with Crippen molar-refractivity contribution in [1.82, 2.24) is 5.43 Å². The summed E-state index contributed by atoms with van der Waals surface area (Å²) in [5, 5.41) is 9.19. The zero-order valence-electron chi connectivity index (χ0n) is 13.9. The average Bonchev–Trinajstić information content (AvgIpc) is 2.56. The molecule has 0 saturated heterocycles. The first-order valence-electron chi connectivity index (χ1n) is 7.53. The standard InChI is InChI=1S/C18H18N4O3/c1-12(23)20-16-7-3-14(4-8-16)11-19-22-18(25)15-5-9-17(10-6-15)21-13(2)24/h3-11H,1-2H3,(H,20,23)(H,21,24)(H,22,25)/b19-11-.